The van der Waals surface area contributed by atoms with Crippen LogP contribution in [0.1, 0.15) is 38.5 Å². The fraction of sp³-hybridized carbons (Fsp3) is 0.857. The maximum Gasteiger partial charge on any atom is 0.307 e. The van der Waals surface area contributed by atoms with Crippen LogP contribution in [0.25, 0.3) is 0 Å². The minimum absolute atomic E-state index is 0.0855. The Morgan fingerprint density at radius 3 is 2.47 bits per heavy atom. The van der Waals surface area contributed by atoms with Crippen molar-refractivity contribution in [2.24, 2.45) is 17.8 Å². The molecule has 1 unspecified atom stereocenters. The Morgan fingerprint density at radius 1 is 1.11 bits per heavy atom. The number of ether oxygens (including phenoxy) is 1. The number of carbonyl (C=O) groups excluding carboxylic acids is 1. The first-order valence-corrected chi connectivity index (χ1v) is 7.26. The van der Waals surface area contributed by atoms with E-state index in [0.29, 0.717) is 31.9 Å². The van der Waals surface area contributed by atoms with Crippen LogP contribution in [-0.2, 0) is 14.3 Å². The zero-order chi connectivity index (χ0) is 13.7. The monoisotopic (exact) mass is 269 g/mol. The van der Waals surface area contributed by atoms with Gasteiger partial charge in [0.05, 0.1) is 18.4 Å². The summed E-state index contributed by atoms with van der Waals surface area (Å²) in [6.45, 7) is 2.13. The maximum atomic E-state index is 12.1. The Morgan fingerprint density at radius 2 is 1.84 bits per heavy atom. The highest BCUT2D eigenvalue weighted by molar-refractivity contribution is 5.84. The van der Waals surface area contributed by atoms with Crippen LogP contribution in [0.2, 0.25) is 0 Å². The van der Waals surface area contributed by atoms with Gasteiger partial charge < -0.3 is 15.2 Å². The van der Waals surface area contributed by atoms with E-state index < -0.39 is 11.9 Å². The van der Waals surface area contributed by atoms with Crippen LogP contribution < -0.4 is 5.32 Å². The molecule has 0 aromatic carbocycles. The third kappa shape index (κ3) is 3.93. The van der Waals surface area contributed by atoms with E-state index in [1.165, 1.54) is 0 Å². The number of carbonyl (C=O) groups is 2. The van der Waals surface area contributed by atoms with Crippen molar-refractivity contribution in [1.29, 1.82) is 0 Å². The summed E-state index contributed by atoms with van der Waals surface area (Å²) < 4.78 is 5.37. The molecule has 1 heterocycles. The number of nitrogens with one attached hydrogen (secondary N) is 1. The Kier molecular flexibility index (Phi) is 5.19. The molecule has 0 aromatic heterocycles. The van der Waals surface area contributed by atoms with Crippen LogP contribution in [0.3, 0.4) is 0 Å². The van der Waals surface area contributed by atoms with Gasteiger partial charge in [-0.25, -0.2) is 0 Å². The molecule has 5 nitrogen and oxygen atoms in total. The van der Waals surface area contributed by atoms with Gasteiger partial charge in [-0.2, -0.15) is 0 Å². The van der Waals surface area contributed by atoms with Gasteiger partial charge in [0, 0.05) is 13.2 Å². The fourth-order valence-corrected chi connectivity index (χ4v) is 3.08. The van der Waals surface area contributed by atoms with Crippen molar-refractivity contribution in [2.75, 3.05) is 19.8 Å². The van der Waals surface area contributed by atoms with E-state index in [1.807, 2.05) is 0 Å². The molecule has 2 rings (SSSR count). The standard InChI is InChI=1S/C14H23NO4/c16-13(15-8-10-4-3-7-19-9-10)11-5-1-2-6-12(11)14(17)18/h10-12H,1-9H2,(H,15,16)(H,17,18)/t10?,11-,12+/m1/s1. The molecule has 1 aliphatic heterocycles. The number of hydrogen-bond acceptors (Lipinski definition) is 3. The summed E-state index contributed by atoms with van der Waals surface area (Å²) in [6.07, 6.45) is 5.31. The molecule has 0 bridgehead atoms. The summed E-state index contributed by atoms with van der Waals surface area (Å²) in [6, 6.07) is 0. The molecule has 5 heteroatoms. The zero-order valence-corrected chi connectivity index (χ0v) is 11.3. The predicted molar refractivity (Wildman–Crippen MR) is 69.6 cm³/mol. The van der Waals surface area contributed by atoms with Crippen LogP contribution in [0, 0.1) is 17.8 Å². The maximum absolute atomic E-state index is 12.1. The van der Waals surface area contributed by atoms with Crippen molar-refractivity contribution >= 4 is 11.9 Å². The highest BCUT2D eigenvalue weighted by atomic mass is 16.5. The lowest BCUT2D eigenvalue weighted by Crippen LogP contribution is -2.42. The van der Waals surface area contributed by atoms with E-state index in [1.54, 1.807) is 0 Å². The van der Waals surface area contributed by atoms with E-state index in [9.17, 15) is 14.7 Å². The van der Waals surface area contributed by atoms with Crippen LogP contribution in [0.5, 0.6) is 0 Å². The van der Waals surface area contributed by atoms with E-state index >= 15 is 0 Å². The topological polar surface area (TPSA) is 75.6 Å². The van der Waals surface area contributed by atoms with Crippen LogP contribution >= 0.6 is 0 Å². The van der Waals surface area contributed by atoms with Gasteiger partial charge in [0.2, 0.25) is 5.91 Å². The molecule has 2 fully saturated rings. The molecule has 1 amide bonds. The summed E-state index contributed by atoms with van der Waals surface area (Å²) in [5.41, 5.74) is 0. The predicted octanol–water partition coefficient (Wildman–Crippen LogP) is 1.42. The molecular weight excluding hydrogens is 246 g/mol. The van der Waals surface area contributed by atoms with E-state index in [4.69, 9.17) is 4.74 Å². The van der Waals surface area contributed by atoms with Crippen molar-refractivity contribution in [2.45, 2.75) is 38.5 Å². The summed E-state index contributed by atoms with van der Waals surface area (Å²) in [4.78, 5) is 23.3. The van der Waals surface area contributed by atoms with Crippen LogP contribution in [0.15, 0.2) is 0 Å². The highest BCUT2D eigenvalue weighted by Crippen LogP contribution is 2.30. The third-order valence-electron chi connectivity index (χ3n) is 4.24. The Labute approximate surface area is 113 Å². The highest BCUT2D eigenvalue weighted by Gasteiger charge is 2.35. The van der Waals surface area contributed by atoms with E-state index in [0.717, 1.165) is 32.3 Å². The van der Waals surface area contributed by atoms with Gasteiger partial charge in [0.25, 0.3) is 0 Å². The second kappa shape index (κ2) is 6.89. The van der Waals surface area contributed by atoms with Gasteiger partial charge in [-0.05, 0) is 31.6 Å². The average Bonchev–Trinajstić information content (AvgIpc) is 2.46. The summed E-state index contributed by atoms with van der Waals surface area (Å²) in [5, 5.41) is 12.1. The fourth-order valence-electron chi connectivity index (χ4n) is 3.08. The minimum Gasteiger partial charge on any atom is -0.481 e. The number of carboxylic acids is 1. The molecule has 1 aliphatic carbocycles. The van der Waals surface area contributed by atoms with Crippen molar-refractivity contribution in [3.8, 4) is 0 Å². The van der Waals surface area contributed by atoms with E-state index in [-0.39, 0.29) is 11.8 Å². The molecule has 1 saturated carbocycles. The van der Waals surface area contributed by atoms with Crippen LogP contribution in [0.4, 0.5) is 0 Å². The van der Waals surface area contributed by atoms with Crippen molar-refractivity contribution in [3.05, 3.63) is 0 Å². The molecule has 2 N–H and O–H groups in total. The zero-order valence-electron chi connectivity index (χ0n) is 11.3. The van der Waals surface area contributed by atoms with Crippen LogP contribution in [-0.4, -0.2) is 36.7 Å². The lowest BCUT2D eigenvalue weighted by Gasteiger charge is -2.29. The van der Waals surface area contributed by atoms with Gasteiger partial charge >= 0.3 is 5.97 Å². The van der Waals surface area contributed by atoms with Crippen molar-refractivity contribution < 1.29 is 19.4 Å². The summed E-state index contributed by atoms with van der Waals surface area (Å²) in [5.74, 6) is -1.39. The lowest BCUT2D eigenvalue weighted by atomic mass is 9.78. The quantitative estimate of drug-likeness (QED) is 0.809. The molecule has 3 atom stereocenters. The molecule has 19 heavy (non-hydrogen) atoms. The van der Waals surface area contributed by atoms with Gasteiger partial charge in [-0.15, -0.1) is 0 Å². The molecule has 108 valence electrons. The van der Waals surface area contributed by atoms with Crippen molar-refractivity contribution in [1.82, 2.24) is 5.32 Å². The Balaban J connectivity index is 1.81. The molecule has 0 aromatic rings. The first-order valence-electron chi connectivity index (χ1n) is 7.26. The normalized spacial score (nSPS) is 31.7. The number of rotatable bonds is 4. The molecule has 0 radical (unpaired) electrons. The van der Waals surface area contributed by atoms with E-state index in [2.05, 4.69) is 5.32 Å². The summed E-state index contributed by atoms with van der Waals surface area (Å²) >= 11 is 0. The SMILES string of the molecule is O=C(O)[C@H]1CCCC[C@H]1C(=O)NCC1CCCOC1. The minimum atomic E-state index is -0.833. The Bertz CT molecular complexity index is 325. The van der Waals surface area contributed by atoms with Gasteiger partial charge in [0.15, 0.2) is 0 Å². The lowest BCUT2D eigenvalue weighted by molar-refractivity contribution is -0.149. The number of aliphatic carboxylic acids is 1. The molecule has 2 aliphatic rings. The molecular formula is C14H23NO4. The summed E-state index contributed by atoms with van der Waals surface area (Å²) in [7, 11) is 0. The van der Waals surface area contributed by atoms with Gasteiger partial charge in [0.1, 0.15) is 0 Å². The van der Waals surface area contributed by atoms with Crippen molar-refractivity contribution in [3.63, 3.8) is 0 Å². The first-order chi connectivity index (χ1) is 9.18. The number of carboxylic acid groups (broad SMARTS) is 1. The second-order valence-corrected chi connectivity index (χ2v) is 5.66. The number of amides is 1. The average molecular weight is 269 g/mol. The third-order valence-corrected chi connectivity index (χ3v) is 4.24. The smallest absolute Gasteiger partial charge is 0.307 e. The van der Waals surface area contributed by atoms with Gasteiger partial charge in [-0.3, -0.25) is 9.59 Å². The first kappa shape index (κ1) is 14.3. The largest absolute Gasteiger partial charge is 0.481 e. The Hall–Kier alpha value is -1.10. The van der Waals surface area contributed by atoms with Gasteiger partial charge in [-0.1, -0.05) is 12.8 Å². The number of hydrogen-bond donors (Lipinski definition) is 2. The second-order valence-electron chi connectivity index (χ2n) is 5.66. The molecule has 0 spiro atoms. The molecule has 1 saturated heterocycles.